The highest BCUT2D eigenvalue weighted by atomic mass is 127. The van der Waals surface area contributed by atoms with Gasteiger partial charge in [-0.3, -0.25) is 0 Å². The van der Waals surface area contributed by atoms with Gasteiger partial charge in [0.2, 0.25) is 0 Å². The van der Waals surface area contributed by atoms with E-state index in [1.54, 1.807) is 0 Å². The summed E-state index contributed by atoms with van der Waals surface area (Å²) in [5.41, 5.74) is 0.514. The number of alkyl halides is 1. The maximum atomic E-state index is 13.4. The summed E-state index contributed by atoms with van der Waals surface area (Å²) in [6.45, 7) is 0. The first kappa shape index (κ1) is 10.00. The molecule has 0 aromatic heterocycles. The Labute approximate surface area is 101 Å². The van der Waals surface area contributed by atoms with E-state index in [-0.39, 0.29) is 22.6 Å². The maximum Gasteiger partial charge on any atom is 0.129 e. The molecule has 3 saturated carbocycles. The summed E-state index contributed by atoms with van der Waals surface area (Å²) in [7, 11) is 0. The molecule has 2 bridgehead atoms. The number of hydrogen-bond acceptors (Lipinski definition) is 0. The lowest BCUT2D eigenvalue weighted by Crippen LogP contribution is -2.64. The molecule has 0 spiro atoms. The number of hydrogen-bond donors (Lipinski definition) is 0. The number of halogens is 3. The Kier molecular flexibility index (Phi) is 1.95. The van der Waals surface area contributed by atoms with Gasteiger partial charge in [-0.2, -0.15) is 0 Å². The van der Waals surface area contributed by atoms with E-state index < -0.39 is 0 Å². The highest BCUT2D eigenvalue weighted by Gasteiger charge is 2.66. The van der Waals surface area contributed by atoms with Gasteiger partial charge in [0.25, 0.3) is 0 Å². The van der Waals surface area contributed by atoms with Gasteiger partial charge in [0.1, 0.15) is 11.6 Å². The van der Waals surface area contributed by atoms with Crippen LogP contribution in [0.1, 0.15) is 24.8 Å². The predicted molar refractivity (Wildman–Crippen MR) is 63.1 cm³/mol. The fourth-order valence-corrected chi connectivity index (χ4v) is 5.55. The zero-order chi connectivity index (χ0) is 10.7. The minimum absolute atomic E-state index is 0.226. The maximum absolute atomic E-state index is 13.4. The summed E-state index contributed by atoms with van der Waals surface area (Å²) in [4.78, 5) is 0. The molecule has 0 saturated heterocycles. The third kappa shape index (κ3) is 1.42. The first-order valence-corrected chi connectivity index (χ1v) is 6.22. The molecule has 0 amide bonds. The molecule has 0 N–H and O–H groups in total. The Balaban J connectivity index is 1.84. The Morgan fingerprint density at radius 3 is 2.13 bits per heavy atom. The van der Waals surface area contributed by atoms with Gasteiger partial charge in [-0.25, -0.2) is 8.78 Å². The number of rotatable bonds is 2. The molecule has 0 heterocycles. The van der Waals surface area contributed by atoms with E-state index in [0.717, 1.165) is 19.3 Å². The topological polar surface area (TPSA) is 0 Å². The predicted octanol–water partition coefficient (Wildman–Crippen LogP) is 3.87. The van der Waals surface area contributed by atoms with Crippen molar-refractivity contribution in [2.45, 2.75) is 29.1 Å². The van der Waals surface area contributed by atoms with Crippen molar-refractivity contribution in [2.24, 2.45) is 5.41 Å². The van der Waals surface area contributed by atoms with Crippen molar-refractivity contribution in [1.29, 1.82) is 0 Å². The Bertz CT molecular complexity index is 388. The minimum Gasteiger partial charge on any atom is -0.207 e. The van der Waals surface area contributed by atoms with E-state index in [2.05, 4.69) is 22.6 Å². The molecule has 15 heavy (non-hydrogen) atoms. The van der Waals surface area contributed by atoms with Crippen LogP contribution in [-0.4, -0.2) is 3.42 Å². The second kappa shape index (κ2) is 2.93. The van der Waals surface area contributed by atoms with E-state index in [0.29, 0.717) is 9.84 Å². The summed E-state index contributed by atoms with van der Waals surface area (Å²) in [6, 6.07) is 4.13. The van der Waals surface area contributed by atoms with Gasteiger partial charge in [0.05, 0.1) is 0 Å². The van der Waals surface area contributed by atoms with Crippen molar-refractivity contribution in [3.8, 4) is 0 Å². The SMILES string of the molecule is Fc1cccc(F)c1CC12CC(I)(C1)C2. The molecule has 0 nitrogen and oxygen atoms in total. The molecule has 0 radical (unpaired) electrons. The first-order chi connectivity index (χ1) is 7.02. The molecule has 0 unspecified atom stereocenters. The molecule has 1 aromatic rings. The van der Waals surface area contributed by atoms with Gasteiger partial charge in [0, 0.05) is 8.99 Å². The van der Waals surface area contributed by atoms with Gasteiger partial charge in [0.15, 0.2) is 0 Å². The van der Waals surface area contributed by atoms with Gasteiger partial charge in [-0.15, -0.1) is 0 Å². The second-order valence-corrected chi connectivity index (χ2v) is 7.35. The highest BCUT2D eigenvalue weighted by Crippen LogP contribution is 2.73. The van der Waals surface area contributed by atoms with Crippen LogP contribution in [0.15, 0.2) is 18.2 Å². The van der Waals surface area contributed by atoms with Crippen molar-refractivity contribution in [3.63, 3.8) is 0 Å². The van der Waals surface area contributed by atoms with Gasteiger partial charge >= 0.3 is 0 Å². The molecular formula is C12H11F2I. The smallest absolute Gasteiger partial charge is 0.129 e. The fourth-order valence-electron chi connectivity index (χ4n) is 3.12. The molecule has 3 fully saturated rings. The van der Waals surface area contributed by atoms with Crippen LogP contribution in [0.5, 0.6) is 0 Å². The van der Waals surface area contributed by atoms with Gasteiger partial charge < -0.3 is 0 Å². The van der Waals surface area contributed by atoms with Crippen LogP contribution in [0.4, 0.5) is 8.78 Å². The summed E-state index contributed by atoms with van der Waals surface area (Å²) in [5.74, 6) is -0.774. The third-order valence-corrected chi connectivity index (χ3v) is 4.83. The summed E-state index contributed by atoms with van der Waals surface area (Å²) < 4.78 is 27.3. The monoisotopic (exact) mass is 320 g/mol. The van der Waals surface area contributed by atoms with Crippen LogP contribution < -0.4 is 0 Å². The van der Waals surface area contributed by atoms with Crippen molar-refractivity contribution in [2.75, 3.05) is 0 Å². The number of benzene rings is 1. The van der Waals surface area contributed by atoms with Crippen LogP contribution in [0.25, 0.3) is 0 Å². The molecule has 0 aliphatic heterocycles. The van der Waals surface area contributed by atoms with E-state index in [4.69, 9.17) is 0 Å². The van der Waals surface area contributed by atoms with E-state index >= 15 is 0 Å². The van der Waals surface area contributed by atoms with Gasteiger partial charge in [-0.05, 0) is 43.2 Å². The van der Waals surface area contributed by atoms with E-state index in [1.165, 1.54) is 18.2 Å². The lowest BCUT2D eigenvalue weighted by atomic mass is 9.43. The lowest BCUT2D eigenvalue weighted by Gasteiger charge is -2.68. The molecular weight excluding hydrogens is 309 g/mol. The molecule has 1 aromatic carbocycles. The van der Waals surface area contributed by atoms with Crippen LogP contribution >= 0.6 is 22.6 Å². The largest absolute Gasteiger partial charge is 0.207 e. The van der Waals surface area contributed by atoms with Crippen LogP contribution in [-0.2, 0) is 6.42 Å². The summed E-state index contributed by atoms with van der Waals surface area (Å²) in [6.07, 6.45) is 3.98. The average molecular weight is 320 g/mol. The quantitative estimate of drug-likeness (QED) is 0.573. The zero-order valence-corrected chi connectivity index (χ0v) is 10.4. The molecule has 3 aliphatic carbocycles. The van der Waals surface area contributed by atoms with Crippen molar-refractivity contribution >= 4 is 22.6 Å². The third-order valence-electron chi connectivity index (χ3n) is 3.69. The second-order valence-electron chi connectivity index (χ2n) is 5.06. The average Bonchev–Trinajstić information content (AvgIpc) is 2.06. The molecule has 80 valence electrons. The lowest BCUT2D eigenvalue weighted by molar-refractivity contribution is -0.0626. The van der Waals surface area contributed by atoms with Crippen molar-refractivity contribution in [1.82, 2.24) is 0 Å². The zero-order valence-electron chi connectivity index (χ0n) is 8.19. The van der Waals surface area contributed by atoms with E-state index in [1.807, 2.05) is 0 Å². The molecule has 3 heteroatoms. The first-order valence-electron chi connectivity index (χ1n) is 5.14. The van der Waals surface area contributed by atoms with Gasteiger partial charge in [-0.1, -0.05) is 28.7 Å². The fraction of sp³-hybridized carbons (Fsp3) is 0.500. The summed E-state index contributed by atoms with van der Waals surface area (Å²) >= 11 is 2.48. The molecule has 4 rings (SSSR count). The van der Waals surface area contributed by atoms with Crippen LogP contribution in [0.3, 0.4) is 0 Å². The minimum atomic E-state index is -0.387. The Morgan fingerprint density at radius 2 is 1.67 bits per heavy atom. The van der Waals surface area contributed by atoms with Crippen molar-refractivity contribution in [3.05, 3.63) is 35.4 Å². The van der Waals surface area contributed by atoms with Crippen molar-refractivity contribution < 1.29 is 8.78 Å². The van der Waals surface area contributed by atoms with Crippen LogP contribution in [0, 0.1) is 17.0 Å². The normalized spacial score (nSPS) is 37.0. The summed E-state index contributed by atoms with van der Waals surface area (Å²) in [5, 5.41) is 0. The molecule has 3 aliphatic rings. The molecule has 0 atom stereocenters. The highest BCUT2D eigenvalue weighted by molar-refractivity contribution is 14.1. The van der Waals surface area contributed by atoms with E-state index in [9.17, 15) is 8.78 Å². The Hall–Kier alpha value is -0.190. The Morgan fingerprint density at radius 1 is 1.13 bits per heavy atom. The standard InChI is InChI=1S/C12H11F2I/c13-9-2-1-3-10(14)8(9)4-11-5-12(15,6-11)7-11/h1-3H,4-7H2. The van der Waals surface area contributed by atoms with Crippen LogP contribution in [0.2, 0.25) is 0 Å².